The van der Waals surface area contributed by atoms with Gasteiger partial charge in [0.25, 0.3) is 0 Å². The summed E-state index contributed by atoms with van der Waals surface area (Å²) in [5, 5.41) is 6.68. The third-order valence-electron chi connectivity index (χ3n) is 2.33. The van der Waals surface area contributed by atoms with Crippen molar-refractivity contribution in [2.75, 3.05) is 12.8 Å². The maximum Gasteiger partial charge on any atom is 0.337 e. The van der Waals surface area contributed by atoms with E-state index < -0.39 is 5.97 Å². The van der Waals surface area contributed by atoms with Crippen LogP contribution in [0, 0.1) is 6.92 Å². The normalized spacial score (nSPS) is 10.1. The highest BCUT2D eigenvalue weighted by Crippen LogP contribution is 2.27. The first-order valence-corrected chi connectivity index (χ1v) is 5.28. The Morgan fingerprint density at radius 1 is 1.39 bits per heavy atom. The van der Waals surface area contributed by atoms with Crippen molar-refractivity contribution in [2.45, 2.75) is 6.92 Å². The Balaban J connectivity index is 2.29. The molecule has 0 unspecified atom stereocenters. The van der Waals surface area contributed by atoms with Crippen LogP contribution in [0.1, 0.15) is 16.1 Å². The Hall–Kier alpha value is -2.50. The van der Waals surface area contributed by atoms with Crippen LogP contribution in [0.4, 0.5) is 5.69 Å². The lowest BCUT2D eigenvalue weighted by molar-refractivity contribution is 0.0600. The first kappa shape index (κ1) is 12.0. The molecular formula is C12H13N3O3. The van der Waals surface area contributed by atoms with Crippen LogP contribution in [0.25, 0.3) is 0 Å². The van der Waals surface area contributed by atoms with Gasteiger partial charge in [0, 0.05) is 11.8 Å². The fourth-order valence-corrected chi connectivity index (χ4v) is 1.43. The number of aromatic amines is 1. The number of nitrogens with one attached hydrogen (secondary N) is 1. The van der Waals surface area contributed by atoms with E-state index in [1.807, 2.05) is 6.92 Å². The van der Waals surface area contributed by atoms with Crippen LogP contribution in [0.2, 0.25) is 0 Å². The molecule has 1 aromatic carbocycles. The van der Waals surface area contributed by atoms with E-state index in [2.05, 4.69) is 14.9 Å². The molecule has 18 heavy (non-hydrogen) atoms. The number of anilines is 1. The van der Waals surface area contributed by atoms with Gasteiger partial charge in [-0.1, -0.05) is 0 Å². The molecule has 2 rings (SSSR count). The van der Waals surface area contributed by atoms with Crippen molar-refractivity contribution in [3.05, 3.63) is 35.5 Å². The number of aryl methyl sites for hydroxylation is 1. The van der Waals surface area contributed by atoms with Gasteiger partial charge >= 0.3 is 5.97 Å². The third kappa shape index (κ3) is 2.42. The van der Waals surface area contributed by atoms with Crippen LogP contribution in [-0.4, -0.2) is 23.3 Å². The Labute approximate surface area is 104 Å². The maximum absolute atomic E-state index is 11.4. The third-order valence-corrected chi connectivity index (χ3v) is 2.33. The highest BCUT2D eigenvalue weighted by molar-refractivity contribution is 5.90. The summed E-state index contributed by atoms with van der Waals surface area (Å²) >= 11 is 0. The molecule has 0 bridgehead atoms. The zero-order valence-electron chi connectivity index (χ0n) is 10.1. The molecule has 0 aliphatic heterocycles. The van der Waals surface area contributed by atoms with Crippen molar-refractivity contribution in [3.8, 4) is 11.6 Å². The number of nitrogen functional groups attached to an aromatic ring is 1. The van der Waals surface area contributed by atoms with Crippen LogP contribution in [0.3, 0.4) is 0 Å². The van der Waals surface area contributed by atoms with Crippen LogP contribution in [0.5, 0.6) is 11.6 Å². The topological polar surface area (TPSA) is 90.2 Å². The van der Waals surface area contributed by atoms with Crippen LogP contribution in [-0.2, 0) is 4.74 Å². The second-order valence-electron chi connectivity index (χ2n) is 3.74. The highest BCUT2D eigenvalue weighted by Gasteiger charge is 2.11. The highest BCUT2D eigenvalue weighted by atomic mass is 16.5. The summed E-state index contributed by atoms with van der Waals surface area (Å²) in [6, 6.07) is 6.40. The van der Waals surface area contributed by atoms with Gasteiger partial charge in [0.05, 0.1) is 18.4 Å². The average Bonchev–Trinajstić information content (AvgIpc) is 2.76. The number of hydrogen-bond acceptors (Lipinski definition) is 5. The molecule has 1 heterocycles. The van der Waals surface area contributed by atoms with Gasteiger partial charge in [0.15, 0.2) is 5.75 Å². The van der Waals surface area contributed by atoms with Crippen molar-refractivity contribution < 1.29 is 14.3 Å². The molecule has 3 N–H and O–H groups in total. The van der Waals surface area contributed by atoms with E-state index in [1.165, 1.54) is 13.2 Å². The molecule has 0 spiro atoms. The molecule has 0 saturated heterocycles. The van der Waals surface area contributed by atoms with Crippen LogP contribution in [0.15, 0.2) is 24.3 Å². The van der Waals surface area contributed by atoms with Gasteiger partial charge in [-0.15, -0.1) is 5.10 Å². The van der Waals surface area contributed by atoms with Gasteiger partial charge in [0.2, 0.25) is 5.88 Å². The number of esters is 1. The van der Waals surface area contributed by atoms with E-state index in [-0.39, 0.29) is 0 Å². The first-order chi connectivity index (χ1) is 8.60. The smallest absolute Gasteiger partial charge is 0.337 e. The standard InChI is InChI=1S/C12H13N3O3/c1-7-5-11(15-14-7)18-10-6-8(12(16)17-2)3-4-9(10)13/h3-6H,13H2,1-2H3,(H,14,15). The fourth-order valence-electron chi connectivity index (χ4n) is 1.43. The Bertz CT molecular complexity index is 578. The van der Waals surface area contributed by atoms with Crippen LogP contribution < -0.4 is 10.5 Å². The molecule has 0 saturated carbocycles. The predicted octanol–water partition coefficient (Wildman–Crippen LogP) is 1.88. The van der Waals surface area contributed by atoms with E-state index in [0.29, 0.717) is 22.9 Å². The fraction of sp³-hybridized carbons (Fsp3) is 0.167. The number of H-pyrrole nitrogens is 1. The SMILES string of the molecule is COC(=O)c1ccc(N)c(Oc2cc(C)[nH]n2)c1. The minimum Gasteiger partial charge on any atom is -0.465 e. The number of nitrogens with zero attached hydrogens (tertiary/aromatic N) is 1. The quantitative estimate of drug-likeness (QED) is 0.638. The van der Waals surface area contributed by atoms with Gasteiger partial charge < -0.3 is 15.2 Å². The lowest BCUT2D eigenvalue weighted by Crippen LogP contribution is -2.02. The number of methoxy groups -OCH3 is 1. The lowest BCUT2D eigenvalue weighted by Gasteiger charge is -2.07. The van der Waals surface area contributed by atoms with Crippen molar-refractivity contribution in [1.29, 1.82) is 0 Å². The zero-order chi connectivity index (χ0) is 13.1. The van der Waals surface area contributed by atoms with E-state index in [1.54, 1.807) is 18.2 Å². The summed E-state index contributed by atoms with van der Waals surface area (Å²) in [6.07, 6.45) is 0. The average molecular weight is 247 g/mol. The summed E-state index contributed by atoms with van der Waals surface area (Å²) in [4.78, 5) is 11.4. The summed E-state index contributed by atoms with van der Waals surface area (Å²) in [6.45, 7) is 1.86. The number of nitrogens with two attached hydrogens (primary N) is 1. The number of rotatable bonds is 3. The van der Waals surface area contributed by atoms with Crippen molar-refractivity contribution in [3.63, 3.8) is 0 Å². The zero-order valence-corrected chi connectivity index (χ0v) is 10.1. The van der Waals surface area contributed by atoms with E-state index in [9.17, 15) is 4.79 Å². The van der Waals surface area contributed by atoms with Crippen molar-refractivity contribution in [1.82, 2.24) is 10.2 Å². The van der Waals surface area contributed by atoms with Gasteiger partial charge in [-0.2, -0.15) is 0 Å². The largest absolute Gasteiger partial charge is 0.465 e. The molecular weight excluding hydrogens is 234 g/mol. The van der Waals surface area contributed by atoms with Crippen molar-refractivity contribution in [2.24, 2.45) is 0 Å². The molecule has 2 aromatic rings. The molecule has 6 nitrogen and oxygen atoms in total. The Morgan fingerprint density at radius 3 is 2.78 bits per heavy atom. The predicted molar refractivity (Wildman–Crippen MR) is 65.6 cm³/mol. The number of hydrogen-bond donors (Lipinski definition) is 2. The molecule has 1 aromatic heterocycles. The lowest BCUT2D eigenvalue weighted by atomic mass is 10.2. The number of ether oxygens (including phenoxy) is 2. The summed E-state index contributed by atoms with van der Waals surface area (Å²) < 4.78 is 10.1. The minimum atomic E-state index is -0.446. The monoisotopic (exact) mass is 247 g/mol. The maximum atomic E-state index is 11.4. The molecule has 0 radical (unpaired) electrons. The second-order valence-corrected chi connectivity index (χ2v) is 3.74. The first-order valence-electron chi connectivity index (χ1n) is 5.28. The molecule has 0 aliphatic carbocycles. The van der Waals surface area contributed by atoms with Gasteiger partial charge in [-0.05, 0) is 25.1 Å². The molecule has 94 valence electrons. The number of carbonyl (C=O) groups is 1. The molecule has 0 aliphatic rings. The number of carbonyl (C=O) groups excluding carboxylic acids is 1. The van der Waals surface area contributed by atoms with Gasteiger partial charge in [-0.25, -0.2) is 4.79 Å². The van der Waals surface area contributed by atoms with E-state index in [4.69, 9.17) is 10.5 Å². The second kappa shape index (κ2) is 4.79. The van der Waals surface area contributed by atoms with Gasteiger partial charge in [-0.3, -0.25) is 5.10 Å². The number of benzene rings is 1. The summed E-state index contributed by atoms with van der Waals surface area (Å²) in [5.74, 6) is 0.309. The molecule has 0 fully saturated rings. The Morgan fingerprint density at radius 2 is 2.17 bits per heavy atom. The minimum absolute atomic E-state index is 0.365. The molecule has 0 amide bonds. The summed E-state index contributed by atoms with van der Waals surface area (Å²) in [5.41, 5.74) is 7.43. The van der Waals surface area contributed by atoms with Gasteiger partial charge in [0.1, 0.15) is 0 Å². The molecule has 6 heteroatoms. The van der Waals surface area contributed by atoms with Crippen LogP contribution >= 0.6 is 0 Å². The van der Waals surface area contributed by atoms with E-state index in [0.717, 1.165) is 5.69 Å². The number of aromatic nitrogens is 2. The Kier molecular flexibility index (Phi) is 3.18. The molecule has 0 atom stereocenters. The van der Waals surface area contributed by atoms with E-state index >= 15 is 0 Å². The summed E-state index contributed by atoms with van der Waals surface area (Å²) in [7, 11) is 1.32. The van der Waals surface area contributed by atoms with Crippen molar-refractivity contribution >= 4 is 11.7 Å².